The molecule has 0 unspecified atom stereocenters. The van der Waals surface area contributed by atoms with Crippen molar-refractivity contribution in [3.63, 3.8) is 0 Å². The molecule has 0 saturated carbocycles. The van der Waals surface area contributed by atoms with Crippen LogP contribution in [0.2, 0.25) is 0 Å². The summed E-state index contributed by atoms with van der Waals surface area (Å²) in [6.07, 6.45) is 32.8. The SMILES string of the molecule is Cl.Cl.Cl.[C-]1=CC=CC1.[CH2-]CCCCCCCCCCCCCCCCC.[CH3-].[SiH2]c1ccccc1.[Ti+3]. The number of allylic oxidation sites excluding steroid dienone is 4. The van der Waals surface area contributed by atoms with Crippen molar-refractivity contribution < 1.29 is 21.7 Å². The van der Waals surface area contributed by atoms with Crippen molar-refractivity contribution >= 4 is 52.7 Å². The van der Waals surface area contributed by atoms with Crippen molar-refractivity contribution in [3.05, 3.63) is 69.0 Å². The Kier molecular flexibility index (Phi) is 61.7. The molecule has 0 aromatic heterocycles. The predicted molar refractivity (Wildman–Crippen MR) is 169 cm³/mol. The third kappa shape index (κ3) is 44.9. The van der Waals surface area contributed by atoms with Crippen molar-refractivity contribution in [2.45, 2.75) is 116 Å². The van der Waals surface area contributed by atoms with Gasteiger partial charge in [0.15, 0.2) is 0 Å². The second-order valence-corrected chi connectivity index (χ2v) is 9.11. The first kappa shape index (κ1) is 48.6. The van der Waals surface area contributed by atoms with E-state index in [4.69, 9.17) is 0 Å². The standard InChI is InChI=1S/C18H37.C6H7Si.C5H5.CH3.3ClH.Ti/c1-3-5-7-9-11-13-15-17-18-16-14-12-10-8-6-4-2;7-6-4-2-1-3-5-6;1-2-4-5-3-1;;;;;/h1,3-18H2,2H3;1-5H,7H2;1-3H,4H2;1H3;3*1H;/q-1;;2*-1;;;;+3. The zero-order valence-electron chi connectivity index (χ0n) is 22.8. The van der Waals surface area contributed by atoms with Gasteiger partial charge in [0.05, 0.1) is 0 Å². The fraction of sp³-hybridized carbons (Fsp3) is 0.600. The minimum atomic E-state index is 0. The summed E-state index contributed by atoms with van der Waals surface area (Å²) in [5, 5.41) is 1.35. The molecule has 0 saturated heterocycles. The molecule has 0 fully saturated rings. The van der Waals surface area contributed by atoms with Crippen LogP contribution in [-0.2, 0) is 21.7 Å². The molecule has 1 aliphatic carbocycles. The molecule has 0 amide bonds. The molecule has 0 N–H and O–H groups in total. The van der Waals surface area contributed by atoms with E-state index in [1.165, 1.54) is 101 Å². The molecule has 1 aliphatic rings. The first-order valence-corrected chi connectivity index (χ1v) is 13.4. The van der Waals surface area contributed by atoms with Gasteiger partial charge in [0.25, 0.3) is 0 Å². The van der Waals surface area contributed by atoms with Gasteiger partial charge in [-0.3, -0.25) is 6.08 Å². The number of halogens is 3. The van der Waals surface area contributed by atoms with Crippen molar-refractivity contribution in [1.29, 1.82) is 0 Å². The molecule has 2 radical (unpaired) electrons. The third-order valence-corrected chi connectivity index (χ3v) is 5.75. The van der Waals surface area contributed by atoms with Gasteiger partial charge in [-0.05, 0) is 0 Å². The third-order valence-electron chi connectivity index (χ3n) is 5.28. The maximum Gasteiger partial charge on any atom is 3.00 e. The summed E-state index contributed by atoms with van der Waals surface area (Å²) >= 11 is 0. The second-order valence-electron chi connectivity index (χ2n) is 8.29. The zero-order chi connectivity index (χ0) is 22.0. The van der Waals surface area contributed by atoms with Crippen LogP contribution in [0.1, 0.15) is 116 Å². The molecule has 1 aromatic rings. The number of hydrogen-bond donors (Lipinski definition) is 0. The van der Waals surface area contributed by atoms with Gasteiger partial charge in [-0.15, -0.1) is 43.6 Å². The van der Waals surface area contributed by atoms with E-state index in [0.29, 0.717) is 0 Å². The largest absolute Gasteiger partial charge is 3.00 e. The molecule has 0 spiro atoms. The fourth-order valence-electron chi connectivity index (χ4n) is 3.37. The van der Waals surface area contributed by atoms with E-state index in [2.05, 4.69) is 38.1 Å². The summed E-state index contributed by atoms with van der Waals surface area (Å²) in [5.74, 6) is 0. The van der Waals surface area contributed by atoms with E-state index in [-0.39, 0.29) is 66.4 Å². The Morgan fingerprint density at radius 3 is 1.34 bits per heavy atom. The van der Waals surface area contributed by atoms with Crippen molar-refractivity contribution in [2.24, 2.45) is 0 Å². The van der Waals surface area contributed by atoms with Crippen LogP contribution in [0, 0.1) is 20.4 Å². The zero-order valence-corrected chi connectivity index (χ0v) is 28.2. The fourth-order valence-corrected chi connectivity index (χ4v) is 3.64. The summed E-state index contributed by atoms with van der Waals surface area (Å²) in [6, 6.07) is 10.3. The molecule has 0 aliphatic heterocycles. The van der Waals surface area contributed by atoms with Gasteiger partial charge >= 0.3 is 21.7 Å². The summed E-state index contributed by atoms with van der Waals surface area (Å²) in [6.45, 7) is 6.18. The molecule has 0 heterocycles. The minimum Gasteiger partial charge on any atom is -0.358 e. The molecule has 35 heavy (non-hydrogen) atoms. The number of hydrogen-bond acceptors (Lipinski definition) is 0. The van der Waals surface area contributed by atoms with Crippen molar-refractivity contribution in [3.8, 4) is 0 Å². The second kappa shape index (κ2) is 44.5. The van der Waals surface area contributed by atoms with Crippen LogP contribution in [0.5, 0.6) is 0 Å². The number of unbranched alkanes of at least 4 members (excludes halogenated alkanes) is 15. The number of benzene rings is 1. The van der Waals surface area contributed by atoms with Crippen LogP contribution >= 0.6 is 37.2 Å². The predicted octanol–water partition coefficient (Wildman–Crippen LogP) is 10.0. The molecule has 0 bridgehead atoms. The van der Waals surface area contributed by atoms with Crippen LogP contribution < -0.4 is 5.19 Å². The Bertz CT molecular complexity index is 470. The molecule has 0 nitrogen and oxygen atoms in total. The minimum absolute atomic E-state index is 0. The molecule has 1 aromatic carbocycles. The van der Waals surface area contributed by atoms with Crippen LogP contribution in [0.15, 0.2) is 48.6 Å². The molecular weight excluding hydrogens is 543 g/mol. The van der Waals surface area contributed by atoms with E-state index in [0.717, 1.165) is 12.8 Å². The van der Waals surface area contributed by atoms with E-state index in [9.17, 15) is 0 Å². The molecule has 204 valence electrons. The average molecular weight is 598 g/mol. The molecule has 2 rings (SSSR count). The van der Waals surface area contributed by atoms with Crippen LogP contribution in [0.3, 0.4) is 0 Å². The van der Waals surface area contributed by atoms with E-state index in [1.807, 2.05) is 40.6 Å². The van der Waals surface area contributed by atoms with Gasteiger partial charge in [0, 0.05) is 10.2 Å². The van der Waals surface area contributed by atoms with Crippen molar-refractivity contribution in [2.75, 3.05) is 0 Å². The first-order valence-electron chi connectivity index (χ1n) is 12.7. The Morgan fingerprint density at radius 2 is 1.11 bits per heavy atom. The van der Waals surface area contributed by atoms with Gasteiger partial charge in [-0.1, -0.05) is 139 Å². The molecule has 0 atom stereocenters. The Balaban J connectivity index is -0.000000103. The van der Waals surface area contributed by atoms with Gasteiger partial charge < -0.3 is 14.4 Å². The Labute approximate surface area is 257 Å². The van der Waals surface area contributed by atoms with Crippen LogP contribution in [-0.4, -0.2) is 10.2 Å². The van der Waals surface area contributed by atoms with Gasteiger partial charge in [-0.25, -0.2) is 12.2 Å². The Morgan fingerprint density at radius 1 is 0.714 bits per heavy atom. The normalized spacial score (nSPS) is 9.91. The topological polar surface area (TPSA) is 0 Å². The van der Waals surface area contributed by atoms with Crippen LogP contribution in [0.4, 0.5) is 0 Å². The summed E-state index contributed by atoms with van der Waals surface area (Å²) < 4.78 is 0. The monoisotopic (exact) mass is 596 g/mol. The summed E-state index contributed by atoms with van der Waals surface area (Å²) in [7, 11) is 1.90. The van der Waals surface area contributed by atoms with E-state index in [1.54, 1.807) is 0 Å². The first-order chi connectivity index (χ1) is 14.8. The maximum atomic E-state index is 3.88. The average Bonchev–Trinajstić information content (AvgIpc) is 3.35. The van der Waals surface area contributed by atoms with E-state index >= 15 is 0 Å². The Hall–Kier alpha value is 0.501. The van der Waals surface area contributed by atoms with Crippen molar-refractivity contribution in [1.82, 2.24) is 0 Å². The van der Waals surface area contributed by atoms with Gasteiger partial charge in [-0.2, -0.15) is 12.5 Å². The molecular formula is C30H55Cl3SiTi. The van der Waals surface area contributed by atoms with Gasteiger partial charge in [0.1, 0.15) is 0 Å². The van der Waals surface area contributed by atoms with E-state index < -0.39 is 0 Å². The van der Waals surface area contributed by atoms with Gasteiger partial charge in [0.2, 0.25) is 0 Å². The van der Waals surface area contributed by atoms with Crippen LogP contribution in [0.25, 0.3) is 0 Å². The summed E-state index contributed by atoms with van der Waals surface area (Å²) in [4.78, 5) is 0. The smallest absolute Gasteiger partial charge is 0.358 e. The summed E-state index contributed by atoms with van der Waals surface area (Å²) in [5.41, 5.74) is 0. The molecule has 5 heteroatoms. The quantitative estimate of drug-likeness (QED) is 0.107. The number of rotatable bonds is 15. The maximum absolute atomic E-state index is 3.88.